The summed E-state index contributed by atoms with van der Waals surface area (Å²) in [6.45, 7) is 2.44. The molecule has 4 nitrogen and oxygen atoms in total. The molecular formula is C9H17NO3. The highest BCUT2D eigenvalue weighted by Crippen LogP contribution is 2.20. The van der Waals surface area contributed by atoms with Crippen molar-refractivity contribution in [2.75, 3.05) is 13.3 Å². The molecule has 0 aromatic heterocycles. The smallest absolute Gasteiger partial charge is 0.408 e. The largest absolute Gasteiger partial charge is 0.450 e. The van der Waals surface area contributed by atoms with Crippen LogP contribution in [0.4, 0.5) is 4.79 Å². The van der Waals surface area contributed by atoms with E-state index in [4.69, 9.17) is 4.74 Å². The van der Waals surface area contributed by atoms with Crippen molar-refractivity contribution in [3.8, 4) is 0 Å². The highest BCUT2D eigenvalue weighted by Gasteiger charge is 2.15. The Morgan fingerprint density at radius 3 is 2.77 bits per heavy atom. The zero-order chi connectivity index (χ0) is 9.52. The molecule has 0 bridgehead atoms. The summed E-state index contributed by atoms with van der Waals surface area (Å²) in [5.74, 6) is 0. The van der Waals surface area contributed by atoms with E-state index >= 15 is 0 Å². The molecule has 0 heterocycles. The fraction of sp³-hybridized carbons (Fsp3) is 0.889. The first-order valence-corrected chi connectivity index (χ1v) is 4.85. The molecule has 1 saturated carbocycles. The molecule has 1 aliphatic rings. The van der Waals surface area contributed by atoms with E-state index in [0.29, 0.717) is 12.7 Å². The van der Waals surface area contributed by atoms with E-state index in [1.54, 1.807) is 6.92 Å². The number of rotatable bonds is 4. The summed E-state index contributed by atoms with van der Waals surface area (Å²) in [6.07, 6.45) is 4.64. The minimum Gasteiger partial charge on any atom is -0.450 e. The van der Waals surface area contributed by atoms with Crippen molar-refractivity contribution < 1.29 is 14.3 Å². The van der Waals surface area contributed by atoms with Crippen LogP contribution in [0.2, 0.25) is 0 Å². The minimum absolute atomic E-state index is 0.267. The summed E-state index contributed by atoms with van der Waals surface area (Å²) in [5.41, 5.74) is 0. The van der Waals surface area contributed by atoms with E-state index in [-0.39, 0.29) is 6.73 Å². The van der Waals surface area contributed by atoms with E-state index in [1.807, 2.05) is 0 Å². The topological polar surface area (TPSA) is 47.6 Å². The summed E-state index contributed by atoms with van der Waals surface area (Å²) < 4.78 is 10.1. The first kappa shape index (κ1) is 10.3. The lowest BCUT2D eigenvalue weighted by molar-refractivity contribution is 0.0422. The lowest BCUT2D eigenvalue weighted by Gasteiger charge is -2.11. The Balaban J connectivity index is 1.96. The molecule has 4 heteroatoms. The van der Waals surface area contributed by atoms with Gasteiger partial charge in [-0.1, -0.05) is 12.8 Å². The average molecular weight is 187 g/mol. The van der Waals surface area contributed by atoms with Gasteiger partial charge in [0, 0.05) is 0 Å². The van der Waals surface area contributed by atoms with E-state index < -0.39 is 6.09 Å². The quantitative estimate of drug-likeness (QED) is 0.681. The van der Waals surface area contributed by atoms with E-state index in [2.05, 4.69) is 10.1 Å². The standard InChI is InChI=1S/C9H17NO3/c1-2-12-9(11)10-7-13-8-5-3-4-6-8/h8H,2-7H2,1H3,(H,10,11). The van der Waals surface area contributed by atoms with Gasteiger partial charge in [-0.15, -0.1) is 0 Å². The molecule has 0 aromatic rings. The third-order valence-corrected chi connectivity index (χ3v) is 2.11. The van der Waals surface area contributed by atoms with Gasteiger partial charge in [0.1, 0.15) is 6.73 Å². The van der Waals surface area contributed by atoms with Crippen molar-refractivity contribution >= 4 is 6.09 Å². The van der Waals surface area contributed by atoms with Gasteiger partial charge in [-0.3, -0.25) is 5.32 Å². The Bertz CT molecular complexity index is 155. The molecule has 1 amide bonds. The number of carbonyl (C=O) groups is 1. The molecule has 0 aliphatic heterocycles. The maximum Gasteiger partial charge on any atom is 0.408 e. The highest BCUT2D eigenvalue weighted by molar-refractivity contribution is 5.66. The molecule has 1 N–H and O–H groups in total. The summed E-state index contributed by atoms with van der Waals surface area (Å²) in [4.78, 5) is 10.8. The number of alkyl carbamates (subject to hydrolysis) is 1. The van der Waals surface area contributed by atoms with Crippen LogP contribution >= 0.6 is 0 Å². The minimum atomic E-state index is -0.402. The number of hydrogen-bond donors (Lipinski definition) is 1. The van der Waals surface area contributed by atoms with Crippen molar-refractivity contribution in [2.24, 2.45) is 0 Å². The summed E-state index contributed by atoms with van der Waals surface area (Å²) >= 11 is 0. The van der Waals surface area contributed by atoms with Gasteiger partial charge in [0.15, 0.2) is 0 Å². The maximum absolute atomic E-state index is 10.8. The Hall–Kier alpha value is -0.770. The predicted octanol–water partition coefficient (Wildman–Crippen LogP) is 1.65. The molecule has 0 radical (unpaired) electrons. The molecular weight excluding hydrogens is 170 g/mol. The van der Waals surface area contributed by atoms with Crippen LogP contribution in [0.25, 0.3) is 0 Å². The van der Waals surface area contributed by atoms with Gasteiger partial charge >= 0.3 is 6.09 Å². The SMILES string of the molecule is CCOC(=O)NCOC1CCCC1. The third-order valence-electron chi connectivity index (χ3n) is 2.11. The molecule has 1 aliphatic carbocycles. The second kappa shape index (κ2) is 5.80. The zero-order valence-electron chi connectivity index (χ0n) is 8.04. The molecule has 0 aromatic carbocycles. The summed E-state index contributed by atoms with van der Waals surface area (Å²) in [6, 6.07) is 0. The van der Waals surface area contributed by atoms with Crippen molar-refractivity contribution in [3.05, 3.63) is 0 Å². The molecule has 0 saturated heterocycles. The van der Waals surface area contributed by atoms with Gasteiger partial charge in [-0.25, -0.2) is 4.79 Å². The van der Waals surface area contributed by atoms with Crippen LogP contribution in [0, 0.1) is 0 Å². The number of amides is 1. The van der Waals surface area contributed by atoms with Crippen molar-refractivity contribution in [2.45, 2.75) is 38.7 Å². The second-order valence-corrected chi connectivity index (χ2v) is 3.11. The number of ether oxygens (including phenoxy) is 2. The fourth-order valence-electron chi connectivity index (χ4n) is 1.46. The fourth-order valence-corrected chi connectivity index (χ4v) is 1.46. The highest BCUT2D eigenvalue weighted by atomic mass is 16.6. The van der Waals surface area contributed by atoms with Crippen LogP contribution in [0.3, 0.4) is 0 Å². The lowest BCUT2D eigenvalue weighted by atomic mass is 10.3. The number of hydrogen-bond acceptors (Lipinski definition) is 3. The van der Waals surface area contributed by atoms with Crippen LogP contribution in [-0.2, 0) is 9.47 Å². The normalized spacial score (nSPS) is 17.3. The first-order chi connectivity index (χ1) is 6.33. The second-order valence-electron chi connectivity index (χ2n) is 3.11. The molecule has 76 valence electrons. The van der Waals surface area contributed by atoms with Crippen molar-refractivity contribution in [1.29, 1.82) is 0 Å². The molecule has 0 atom stereocenters. The van der Waals surface area contributed by atoms with Gasteiger partial charge in [-0.05, 0) is 19.8 Å². The Kier molecular flexibility index (Phi) is 4.60. The van der Waals surface area contributed by atoms with Crippen molar-refractivity contribution in [1.82, 2.24) is 5.32 Å². The molecule has 0 unspecified atom stereocenters. The molecule has 1 fully saturated rings. The number of nitrogens with one attached hydrogen (secondary N) is 1. The lowest BCUT2D eigenvalue weighted by Crippen LogP contribution is -2.28. The monoisotopic (exact) mass is 187 g/mol. The zero-order valence-corrected chi connectivity index (χ0v) is 8.04. The Labute approximate surface area is 78.6 Å². The van der Waals surface area contributed by atoms with Gasteiger partial charge in [0.25, 0.3) is 0 Å². The van der Waals surface area contributed by atoms with Crippen LogP contribution in [0.15, 0.2) is 0 Å². The number of carbonyl (C=O) groups excluding carboxylic acids is 1. The Morgan fingerprint density at radius 1 is 1.46 bits per heavy atom. The molecule has 13 heavy (non-hydrogen) atoms. The van der Waals surface area contributed by atoms with Crippen LogP contribution in [-0.4, -0.2) is 25.5 Å². The average Bonchev–Trinajstić information content (AvgIpc) is 2.57. The van der Waals surface area contributed by atoms with Crippen LogP contribution in [0.5, 0.6) is 0 Å². The van der Waals surface area contributed by atoms with Crippen LogP contribution < -0.4 is 5.32 Å². The summed E-state index contributed by atoms with van der Waals surface area (Å²) in [5, 5.41) is 2.53. The van der Waals surface area contributed by atoms with Crippen molar-refractivity contribution in [3.63, 3.8) is 0 Å². The third kappa shape index (κ3) is 4.12. The maximum atomic E-state index is 10.8. The molecule has 0 spiro atoms. The first-order valence-electron chi connectivity index (χ1n) is 4.85. The van der Waals surface area contributed by atoms with Gasteiger partial charge < -0.3 is 9.47 Å². The van der Waals surface area contributed by atoms with Crippen LogP contribution in [0.1, 0.15) is 32.6 Å². The summed E-state index contributed by atoms with van der Waals surface area (Å²) in [7, 11) is 0. The van der Waals surface area contributed by atoms with Gasteiger partial charge in [-0.2, -0.15) is 0 Å². The predicted molar refractivity (Wildman–Crippen MR) is 48.4 cm³/mol. The van der Waals surface area contributed by atoms with E-state index in [1.165, 1.54) is 12.8 Å². The van der Waals surface area contributed by atoms with E-state index in [0.717, 1.165) is 12.8 Å². The molecule has 1 rings (SSSR count). The van der Waals surface area contributed by atoms with Gasteiger partial charge in [0.05, 0.1) is 12.7 Å². The van der Waals surface area contributed by atoms with E-state index in [9.17, 15) is 4.79 Å². The Morgan fingerprint density at radius 2 is 2.15 bits per heavy atom. The van der Waals surface area contributed by atoms with Gasteiger partial charge in [0.2, 0.25) is 0 Å².